The van der Waals surface area contributed by atoms with Crippen molar-refractivity contribution in [3.63, 3.8) is 0 Å². The molecule has 0 atom stereocenters. The Morgan fingerprint density at radius 2 is 1.66 bits per heavy atom. The minimum absolute atomic E-state index is 0.0145. The highest BCUT2D eigenvalue weighted by Gasteiger charge is 2.21. The van der Waals surface area contributed by atoms with E-state index in [0.717, 1.165) is 27.9 Å². The van der Waals surface area contributed by atoms with Gasteiger partial charge in [0.1, 0.15) is 6.54 Å². The Labute approximate surface area is 172 Å². The number of rotatable bonds is 5. The van der Waals surface area contributed by atoms with Gasteiger partial charge < -0.3 is 5.32 Å². The molecule has 1 amide bonds. The molecular weight excluding hydrogens is 414 g/mol. The van der Waals surface area contributed by atoms with Crippen LogP contribution in [0.15, 0.2) is 69.3 Å². The van der Waals surface area contributed by atoms with Gasteiger partial charge in [-0.2, -0.15) is 5.10 Å². The van der Waals surface area contributed by atoms with Crippen LogP contribution in [0.25, 0.3) is 0 Å². The molecule has 29 heavy (non-hydrogen) atoms. The van der Waals surface area contributed by atoms with E-state index < -0.39 is 27.8 Å². The van der Waals surface area contributed by atoms with E-state index in [2.05, 4.69) is 10.4 Å². The molecular formula is C20H18ClN3O4S. The molecule has 2 aromatic carbocycles. The lowest BCUT2D eigenvalue weighted by Crippen LogP contribution is -2.30. The van der Waals surface area contributed by atoms with Crippen molar-refractivity contribution in [1.29, 1.82) is 0 Å². The summed E-state index contributed by atoms with van der Waals surface area (Å²) in [6, 6.07) is 13.3. The lowest BCUT2D eigenvalue weighted by Gasteiger charge is -2.10. The van der Waals surface area contributed by atoms with E-state index in [1.54, 1.807) is 12.1 Å². The van der Waals surface area contributed by atoms with Crippen molar-refractivity contribution >= 4 is 33.0 Å². The highest BCUT2D eigenvalue weighted by Crippen LogP contribution is 2.20. The lowest BCUT2D eigenvalue weighted by molar-refractivity contribution is -0.117. The summed E-state index contributed by atoms with van der Waals surface area (Å²) in [6.45, 7) is 3.38. The van der Waals surface area contributed by atoms with Crippen LogP contribution in [0.4, 0.5) is 5.69 Å². The fourth-order valence-electron chi connectivity index (χ4n) is 2.80. The van der Waals surface area contributed by atoms with Crippen molar-refractivity contribution in [2.24, 2.45) is 0 Å². The van der Waals surface area contributed by atoms with E-state index in [-0.39, 0.29) is 9.92 Å². The molecule has 3 rings (SSSR count). The van der Waals surface area contributed by atoms with Gasteiger partial charge in [-0.05, 0) is 67.4 Å². The molecule has 3 aromatic rings. The molecule has 0 saturated heterocycles. The largest absolute Gasteiger partial charge is 0.324 e. The minimum Gasteiger partial charge on any atom is -0.324 e. The number of halogens is 1. The van der Waals surface area contributed by atoms with Crippen LogP contribution in [0.3, 0.4) is 0 Å². The quantitative estimate of drug-likeness (QED) is 0.669. The summed E-state index contributed by atoms with van der Waals surface area (Å²) < 4.78 is 26.3. The highest BCUT2D eigenvalue weighted by molar-refractivity contribution is 7.91. The van der Waals surface area contributed by atoms with Crippen molar-refractivity contribution in [3.05, 3.63) is 81.1 Å². The number of anilines is 1. The van der Waals surface area contributed by atoms with Gasteiger partial charge in [0, 0.05) is 16.8 Å². The molecule has 0 bridgehead atoms. The number of aryl methyl sites for hydroxylation is 2. The van der Waals surface area contributed by atoms with Crippen LogP contribution in [-0.2, 0) is 21.2 Å². The van der Waals surface area contributed by atoms with Gasteiger partial charge in [0.25, 0.3) is 5.56 Å². The van der Waals surface area contributed by atoms with E-state index >= 15 is 0 Å². The van der Waals surface area contributed by atoms with Gasteiger partial charge >= 0.3 is 0 Å². The van der Waals surface area contributed by atoms with Crippen molar-refractivity contribution in [2.75, 3.05) is 5.32 Å². The second-order valence-corrected chi connectivity index (χ2v) is 8.88. The van der Waals surface area contributed by atoms with Crippen LogP contribution in [0, 0.1) is 13.8 Å². The van der Waals surface area contributed by atoms with E-state index in [1.165, 1.54) is 24.3 Å². The monoisotopic (exact) mass is 431 g/mol. The zero-order valence-electron chi connectivity index (χ0n) is 15.7. The maximum Gasteiger partial charge on any atom is 0.267 e. The smallest absolute Gasteiger partial charge is 0.267 e. The molecule has 0 spiro atoms. The van der Waals surface area contributed by atoms with Crippen LogP contribution < -0.4 is 10.9 Å². The van der Waals surface area contributed by atoms with Gasteiger partial charge in [-0.1, -0.05) is 17.7 Å². The second kappa shape index (κ2) is 8.18. The lowest BCUT2D eigenvalue weighted by atomic mass is 10.1. The summed E-state index contributed by atoms with van der Waals surface area (Å²) in [5.41, 5.74) is 1.96. The van der Waals surface area contributed by atoms with Gasteiger partial charge in [-0.3, -0.25) is 9.59 Å². The summed E-state index contributed by atoms with van der Waals surface area (Å²) in [4.78, 5) is 24.4. The summed E-state index contributed by atoms with van der Waals surface area (Å²) in [5.74, 6) is -0.495. The number of benzene rings is 2. The molecule has 9 heteroatoms. The third-order valence-electron chi connectivity index (χ3n) is 4.04. The third-order valence-corrected chi connectivity index (χ3v) is 5.95. The maximum atomic E-state index is 12.7. The average Bonchev–Trinajstić information content (AvgIpc) is 2.63. The third kappa shape index (κ3) is 4.90. The Balaban J connectivity index is 1.86. The summed E-state index contributed by atoms with van der Waals surface area (Å²) in [6.07, 6.45) is 0. The minimum atomic E-state index is -3.96. The maximum absolute atomic E-state index is 12.7. The molecule has 0 fully saturated rings. The first-order chi connectivity index (χ1) is 13.6. The fraction of sp³-hybridized carbons (Fsp3) is 0.150. The average molecular weight is 432 g/mol. The SMILES string of the molecule is Cc1cc(C)cc(NC(=O)Cn2nc(S(=O)(=O)c3ccc(Cl)cc3)ccc2=O)c1. The van der Waals surface area contributed by atoms with Crippen LogP contribution in [-0.4, -0.2) is 24.1 Å². The van der Waals surface area contributed by atoms with Crippen molar-refractivity contribution in [2.45, 2.75) is 30.3 Å². The van der Waals surface area contributed by atoms with Crippen molar-refractivity contribution < 1.29 is 13.2 Å². The molecule has 0 unspecified atom stereocenters. The summed E-state index contributed by atoms with van der Waals surface area (Å²) >= 11 is 5.80. The number of amides is 1. The Kier molecular flexibility index (Phi) is 5.86. The number of nitrogens with one attached hydrogen (secondary N) is 1. The second-order valence-electron chi connectivity index (χ2n) is 6.55. The summed E-state index contributed by atoms with van der Waals surface area (Å²) in [5, 5.41) is 6.63. The predicted molar refractivity (Wildman–Crippen MR) is 110 cm³/mol. The molecule has 0 saturated carbocycles. The van der Waals surface area contributed by atoms with Gasteiger partial charge in [-0.15, -0.1) is 0 Å². The van der Waals surface area contributed by atoms with E-state index in [4.69, 9.17) is 11.6 Å². The number of sulfone groups is 1. The Morgan fingerprint density at radius 1 is 1.03 bits per heavy atom. The van der Waals surface area contributed by atoms with Crippen LogP contribution in [0.2, 0.25) is 5.02 Å². The fourth-order valence-corrected chi connectivity index (χ4v) is 4.12. The summed E-state index contributed by atoms with van der Waals surface area (Å²) in [7, 11) is -3.96. The van der Waals surface area contributed by atoms with Gasteiger partial charge in [0.2, 0.25) is 15.7 Å². The topological polar surface area (TPSA) is 98.1 Å². The van der Waals surface area contributed by atoms with E-state index in [9.17, 15) is 18.0 Å². The first-order valence-corrected chi connectivity index (χ1v) is 10.5. The molecule has 0 aliphatic carbocycles. The van der Waals surface area contributed by atoms with Gasteiger partial charge in [-0.25, -0.2) is 13.1 Å². The Bertz CT molecular complexity index is 1220. The Morgan fingerprint density at radius 3 is 2.28 bits per heavy atom. The molecule has 0 aliphatic heterocycles. The number of aromatic nitrogens is 2. The number of hydrogen-bond acceptors (Lipinski definition) is 5. The van der Waals surface area contributed by atoms with E-state index in [0.29, 0.717) is 10.7 Å². The Hall–Kier alpha value is -2.97. The van der Waals surface area contributed by atoms with Crippen LogP contribution >= 0.6 is 11.6 Å². The first-order valence-electron chi connectivity index (χ1n) is 8.62. The highest BCUT2D eigenvalue weighted by atomic mass is 35.5. The standard InChI is InChI=1S/C20H18ClN3O4S/c1-13-9-14(2)11-16(10-13)22-18(25)12-24-20(26)8-7-19(23-24)29(27,28)17-5-3-15(21)4-6-17/h3-11H,12H2,1-2H3,(H,22,25). The molecule has 1 aromatic heterocycles. The van der Waals surface area contributed by atoms with Crippen LogP contribution in [0.5, 0.6) is 0 Å². The molecule has 7 nitrogen and oxygen atoms in total. The van der Waals surface area contributed by atoms with Gasteiger partial charge in [0.05, 0.1) is 4.90 Å². The molecule has 0 aliphatic rings. The van der Waals surface area contributed by atoms with Gasteiger partial charge in [0.15, 0.2) is 5.03 Å². The molecule has 1 heterocycles. The zero-order valence-corrected chi connectivity index (χ0v) is 17.3. The van der Waals surface area contributed by atoms with Crippen molar-refractivity contribution in [1.82, 2.24) is 9.78 Å². The van der Waals surface area contributed by atoms with E-state index in [1.807, 2.05) is 19.9 Å². The van der Waals surface area contributed by atoms with Crippen molar-refractivity contribution in [3.8, 4) is 0 Å². The van der Waals surface area contributed by atoms with Crippen LogP contribution in [0.1, 0.15) is 11.1 Å². The molecule has 1 N–H and O–H groups in total. The first kappa shape index (κ1) is 20.8. The number of hydrogen-bond donors (Lipinski definition) is 1. The number of carbonyl (C=O) groups excluding carboxylic acids is 1. The predicted octanol–water partition coefficient (Wildman–Crippen LogP) is 2.99. The zero-order chi connectivity index (χ0) is 21.2. The number of carbonyl (C=O) groups is 1. The molecule has 0 radical (unpaired) electrons. The normalized spacial score (nSPS) is 11.3. The molecule has 150 valence electrons. The number of nitrogens with zero attached hydrogens (tertiary/aromatic N) is 2.